The molecule has 0 aliphatic carbocycles. The van der Waals surface area contributed by atoms with E-state index < -0.39 is 17.6 Å². The molecule has 2 aromatic carbocycles. The summed E-state index contributed by atoms with van der Waals surface area (Å²) in [5.74, 6) is -2.39. The molecule has 3 aromatic rings. The minimum absolute atomic E-state index is 0.0455. The molecule has 2 N–H and O–H groups in total. The molecule has 0 bridgehead atoms. The van der Waals surface area contributed by atoms with Crippen molar-refractivity contribution in [3.8, 4) is 5.69 Å². The molecule has 0 fully saturated rings. The van der Waals surface area contributed by atoms with Gasteiger partial charge in [-0.15, -0.1) is 0 Å². The van der Waals surface area contributed by atoms with E-state index in [9.17, 15) is 14.0 Å². The van der Waals surface area contributed by atoms with E-state index in [1.165, 1.54) is 24.5 Å². The van der Waals surface area contributed by atoms with Gasteiger partial charge in [-0.05, 0) is 29.8 Å². The van der Waals surface area contributed by atoms with Crippen molar-refractivity contribution in [3.05, 3.63) is 72.6 Å². The molecular weight excluding hydrogens is 325 g/mol. The summed E-state index contributed by atoms with van der Waals surface area (Å²) in [4.78, 5) is 27.6. The molecule has 0 aliphatic heterocycles. The molecule has 8 heteroatoms. The number of hydrogen-bond donors (Lipinski definition) is 2. The lowest BCUT2D eigenvalue weighted by atomic mass is 10.2. The second-order valence-corrected chi connectivity index (χ2v) is 5.13. The van der Waals surface area contributed by atoms with Crippen LogP contribution in [0.1, 0.15) is 5.56 Å². The second kappa shape index (κ2) is 7.35. The molecule has 2 amide bonds. The molecule has 0 radical (unpaired) electrons. The van der Waals surface area contributed by atoms with Crippen LogP contribution in [0.4, 0.5) is 10.1 Å². The average Bonchev–Trinajstić information content (AvgIpc) is 3.16. The molecule has 0 saturated carbocycles. The lowest BCUT2D eigenvalue weighted by Crippen LogP contribution is -2.35. The highest BCUT2D eigenvalue weighted by molar-refractivity contribution is 6.39. The van der Waals surface area contributed by atoms with Crippen LogP contribution in [0, 0.1) is 5.82 Å². The molecular formula is C17H14FN5O2. The van der Waals surface area contributed by atoms with Gasteiger partial charge >= 0.3 is 11.8 Å². The number of para-hydroxylation sites is 1. The first kappa shape index (κ1) is 16.3. The Hall–Kier alpha value is -3.55. The van der Waals surface area contributed by atoms with Gasteiger partial charge in [-0.1, -0.05) is 24.3 Å². The monoisotopic (exact) mass is 339 g/mol. The zero-order valence-corrected chi connectivity index (χ0v) is 13.0. The van der Waals surface area contributed by atoms with Crippen LogP contribution >= 0.6 is 0 Å². The number of halogens is 1. The first-order valence-electron chi connectivity index (χ1n) is 7.41. The Labute approximate surface area is 142 Å². The summed E-state index contributed by atoms with van der Waals surface area (Å²) in [7, 11) is 0. The maximum atomic E-state index is 13.5. The molecule has 25 heavy (non-hydrogen) atoms. The molecule has 0 spiro atoms. The summed E-state index contributed by atoms with van der Waals surface area (Å²) in [6.45, 7) is 0.145. The molecule has 1 heterocycles. The van der Waals surface area contributed by atoms with Crippen molar-refractivity contribution in [1.82, 2.24) is 20.1 Å². The zero-order chi connectivity index (χ0) is 17.6. The van der Waals surface area contributed by atoms with Gasteiger partial charge in [0.2, 0.25) is 0 Å². The summed E-state index contributed by atoms with van der Waals surface area (Å²) in [6.07, 6.45) is 2.97. The highest BCUT2D eigenvalue weighted by Gasteiger charge is 2.15. The Bertz CT molecular complexity index is 896. The van der Waals surface area contributed by atoms with Crippen molar-refractivity contribution in [2.75, 3.05) is 5.32 Å². The Morgan fingerprint density at radius 2 is 1.92 bits per heavy atom. The van der Waals surface area contributed by atoms with Gasteiger partial charge in [0.15, 0.2) is 0 Å². The number of aromatic nitrogens is 3. The van der Waals surface area contributed by atoms with Gasteiger partial charge in [-0.3, -0.25) is 9.59 Å². The molecule has 0 saturated heterocycles. The third kappa shape index (κ3) is 4.05. The highest BCUT2D eigenvalue weighted by Crippen LogP contribution is 2.12. The third-order valence-corrected chi connectivity index (χ3v) is 3.38. The summed E-state index contributed by atoms with van der Waals surface area (Å²) >= 11 is 0. The number of anilines is 1. The van der Waals surface area contributed by atoms with E-state index in [4.69, 9.17) is 0 Å². The van der Waals surface area contributed by atoms with E-state index in [-0.39, 0.29) is 12.2 Å². The van der Waals surface area contributed by atoms with Gasteiger partial charge in [0.05, 0.1) is 11.4 Å². The molecule has 1 aromatic heterocycles. The smallest absolute Gasteiger partial charge is 0.313 e. The molecule has 0 aliphatic rings. The summed E-state index contributed by atoms with van der Waals surface area (Å²) in [6, 6.07) is 12.9. The largest absolute Gasteiger partial charge is 0.344 e. The Morgan fingerprint density at radius 3 is 2.68 bits per heavy atom. The first-order chi connectivity index (χ1) is 12.1. The van der Waals surface area contributed by atoms with E-state index in [0.29, 0.717) is 0 Å². The van der Waals surface area contributed by atoms with Crippen molar-refractivity contribution in [2.45, 2.75) is 6.54 Å². The van der Waals surface area contributed by atoms with Gasteiger partial charge < -0.3 is 10.6 Å². The Balaban J connectivity index is 1.60. The minimum Gasteiger partial charge on any atom is -0.344 e. The SMILES string of the molecule is O=C(NCc1cccc(-n2cncn2)c1)C(=O)Nc1ccccc1F. The van der Waals surface area contributed by atoms with Crippen LogP contribution in [0.25, 0.3) is 5.69 Å². The summed E-state index contributed by atoms with van der Waals surface area (Å²) in [5, 5.41) is 8.75. The normalized spacial score (nSPS) is 10.3. The van der Waals surface area contributed by atoms with Crippen molar-refractivity contribution >= 4 is 17.5 Å². The predicted molar refractivity (Wildman–Crippen MR) is 88.2 cm³/mol. The number of hydrogen-bond acceptors (Lipinski definition) is 4. The van der Waals surface area contributed by atoms with Crippen LogP contribution in [0.15, 0.2) is 61.2 Å². The lowest BCUT2D eigenvalue weighted by Gasteiger charge is -2.08. The van der Waals surface area contributed by atoms with Gasteiger partial charge in [-0.2, -0.15) is 5.10 Å². The van der Waals surface area contributed by atoms with E-state index in [1.807, 2.05) is 12.1 Å². The molecule has 126 valence electrons. The third-order valence-electron chi connectivity index (χ3n) is 3.38. The van der Waals surface area contributed by atoms with Crippen molar-refractivity contribution < 1.29 is 14.0 Å². The Kier molecular flexibility index (Phi) is 4.79. The number of benzene rings is 2. The standard InChI is InChI=1S/C17H14FN5O2/c18-14-6-1-2-7-15(14)22-17(25)16(24)20-9-12-4-3-5-13(8-12)23-11-19-10-21-23/h1-8,10-11H,9H2,(H,20,24)(H,22,25). The van der Waals surface area contributed by atoms with Crippen LogP contribution < -0.4 is 10.6 Å². The van der Waals surface area contributed by atoms with Gasteiger partial charge in [0.25, 0.3) is 0 Å². The summed E-state index contributed by atoms with van der Waals surface area (Å²) < 4.78 is 15.1. The highest BCUT2D eigenvalue weighted by atomic mass is 19.1. The number of amides is 2. The number of rotatable bonds is 4. The first-order valence-corrected chi connectivity index (χ1v) is 7.41. The molecule has 0 atom stereocenters. The minimum atomic E-state index is -0.933. The van der Waals surface area contributed by atoms with Crippen molar-refractivity contribution in [2.24, 2.45) is 0 Å². The Morgan fingerprint density at radius 1 is 1.08 bits per heavy atom. The second-order valence-electron chi connectivity index (χ2n) is 5.13. The number of carbonyl (C=O) groups excluding carboxylic acids is 2. The van der Waals surface area contributed by atoms with Gasteiger partial charge in [-0.25, -0.2) is 14.1 Å². The van der Waals surface area contributed by atoms with Crippen LogP contribution in [0.3, 0.4) is 0 Å². The summed E-state index contributed by atoms with van der Waals surface area (Å²) in [5.41, 5.74) is 1.51. The van der Waals surface area contributed by atoms with Crippen LogP contribution in [-0.2, 0) is 16.1 Å². The molecule has 0 unspecified atom stereocenters. The van der Waals surface area contributed by atoms with E-state index in [2.05, 4.69) is 20.7 Å². The fourth-order valence-corrected chi connectivity index (χ4v) is 2.15. The van der Waals surface area contributed by atoms with Crippen LogP contribution in [0.2, 0.25) is 0 Å². The maximum Gasteiger partial charge on any atom is 0.313 e. The fourth-order valence-electron chi connectivity index (χ4n) is 2.15. The number of nitrogens with one attached hydrogen (secondary N) is 2. The van der Waals surface area contributed by atoms with Gasteiger partial charge in [0.1, 0.15) is 18.5 Å². The number of nitrogens with zero attached hydrogens (tertiary/aromatic N) is 3. The maximum absolute atomic E-state index is 13.5. The fraction of sp³-hybridized carbons (Fsp3) is 0.0588. The van der Waals surface area contributed by atoms with E-state index in [1.54, 1.807) is 29.2 Å². The molecule has 7 nitrogen and oxygen atoms in total. The molecule has 3 rings (SSSR count). The predicted octanol–water partition coefficient (Wildman–Crippen LogP) is 1.66. The number of carbonyl (C=O) groups is 2. The van der Waals surface area contributed by atoms with Gasteiger partial charge in [0, 0.05) is 6.54 Å². The van der Waals surface area contributed by atoms with Crippen molar-refractivity contribution in [3.63, 3.8) is 0 Å². The average molecular weight is 339 g/mol. The van der Waals surface area contributed by atoms with Crippen LogP contribution in [0.5, 0.6) is 0 Å². The van der Waals surface area contributed by atoms with E-state index in [0.717, 1.165) is 11.3 Å². The van der Waals surface area contributed by atoms with Crippen LogP contribution in [-0.4, -0.2) is 26.6 Å². The zero-order valence-electron chi connectivity index (χ0n) is 13.0. The van der Waals surface area contributed by atoms with Crippen molar-refractivity contribution in [1.29, 1.82) is 0 Å². The lowest BCUT2D eigenvalue weighted by molar-refractivity contribution is -0.136. The topological polar surface area (TPSA) is 88.9 Å². The van der Waals surface area contributed by atoms with E-state index >= 15 is 0 Å². The quantitative estimate of drug-likeness (QED) is 0.708.